The Bertz CT molecular complexity index is 866. The van der Waals surface area contributed by atoms with Crippen LogP contribution in [0.1, 0.15) is 23.1 Å². The van der Waals surface area contributed by atoms with E-state index in [0.29, 0.717) is 29.4 Å². The van der Waals surface area contributed by atoms with Gasteiger partial charge in [-0.05, 0) is 43.2 Å². The van der Waals surface area contributed by atoms with Crippen molar-refractivity contribution >= 4 is 17.9 Å². The van der Waals surface area contributed by atoms with E-state index in [-0.39, 0.29) is 5.70 Å². The van der Waals surface area contributed by atoms with Gasteiger partial charge in [0.25, 0.3) is 0 Å². The number of esters is 1. The Labute approximate surface area is 152 Å². The summed E-state index contributed by atoms with van der Waals surface area (Å²) in [6.07, 6.45) is 2.99. The fraction of sp³-hybridized carbons (Fsp3) is 0.238. The molecule has 2 aromatic rings. The van der Waals surface area contributed by atoms with Crippen LogP contribution >= 0.6 is 0 Å². The summed E-state index contributed by atoms with van der Waals surface area (Å²) in [6, 6.07) is 13.7. The van der Waals surface area contributed by atoms with Gasteiger partial charge in [0, 0.05) is 12.0 Å². The quantitative estimate of drug-likeness (QED) is 0.584. The van der Waals surface area contributed by atoms with Gasteiger partial charge in [0.2, 0.25) is 0 Å². The van der Waals surface area contributed by atoms with Gasteiger partial charge in [-0.25, -0.2) is 9.79 Å². The molecule has 0 aliphatic carbocycles. The van der Waals surface area contributed by atoms with Crippen LogP contribution in [-0.4, -0.2) is 26.1 Å². The highest BCUT2D eigenvalue weighted by Gasteiger charge is 2.23. The minimum absolute atomic E-state index is 0.260. The molecule has 26 heavy (non-hydrogen) atoms. The second-order valence-electron chi connectivity index (χ2n) is 6.02. The first-order chi connectivity index (χ1) is 12.6. The summed E-state index contributed by atoms with van der Waals surface area (Å²) in [7, 11) is 3.16. The van der Waals surface area contributed by atoms with E-state index in [9.17, 15) is 4.79 Å². The topological polar surface area (TPSA) is 57.1 Å². The summed E-state index contributed by atoms with van der Waals surface area (Å²) in [4.78, 5) is 16.5. The Balaban J connectivity index is 1.77. The number of aliphatic imine (C=N–C) groups is 1. The lowest BCUT2D eigenvalue weighted by molar-refractivity contribution is -0.130. The van der Waals surface area contributed by atoms with Crippen LogP contribution in [0, 0.1) is 6.92 Å². The van der Waals surface area contributed by atoms with Crippen LogP contribution in [-0.2, 0) is 16.0 Å². The van der Waals surface area contributed by atoms with Gasteiger partial charge in [-0.2, -0.15) is 0 Å². The number of nitrogens with zero attached hydrogens (tertiary/aromatic N) is 1. The van der Waals surface area contributed by atoms with E-state index in [4.69, 9.17) is 14.2 Å². The molecule has 3 rings (SSSR count). The Morgan fingerprint density at radius 3 is 2.50 bits per heavy atom. The molecule has 1 aliphatic rings. The third kappa shape index (κ3) is 4.11. The predicted octanol–water partition coefficient (Wildman–Crippen LogP) is 3.94. The van der Waals surface area contributed by atoms with E-state index in [1.54, 1.807) is 38.5 Å². The maximum absolute atomic E-state index is 12.1. The van der Waals surface area contributed by atoms with Crippen molar-refractivity contribution in [3.8, 4) is 11.5 Å². The lowest BCUT2D eigenvalue weighted by Crippen LogP contribution is -2.05. The molecule has 0 radical (unpaired) electrons. The van der Waals surface area contributed by atoms with Crippen molar-refractivity contribution < 1.29 is 19.0 Å². The van der Waals surface area contributed by atoms with Crippen LogP contribution in [0.2, 0.25) is 0 Å². The molecule has 0 saturated carbocycles. The molecule has 2 aromatic carbocycles. The molecule has 0 bridgehead atoms. The van der Waals surface area contributed by atoms with Crippen molar-refractivity contribution in [2.24, 2.45) is 4.99 Å². The van der Waals surface area contributed by atoms with Crippen LogP contribution in [0.15, 0.2) is 53.2 Å². The maximum atomic E-state index is 12.1. The van der Waals surface area contributed by atoms with E-state index in [0.717, 1.165) is 6.42 Å². The number of methoxy groups -OCH3 is 2. The third-order valence-electron chi connectivity index (χ3n) is 4.14. The lowest BCUT2D eigenvalue weighted by atomic mass is 10.1. The first kappa shape index (κ1) is 17.7. The van der Waals surface area contributed by atoms with Gasteiger partial charge in [-0.15, -0.1) is 0 Å². The molecule has 0 spiro atoms. The SMILES string of the molecule is COc1ccc(OC)c(/C=C2\N=C(CCc3ccc(C)cc3)OC2=O)c1. The molecule has 0 unspecified atom stereocenters. The smallest absolute Gasteiger partial charge is 0.363 e. The summed E-state index contributed by atoms with van der Waals surface area (Å²) in [5.74, 6) is 1.29. The first-order valence-electron chi connectivity index (χ1n) is 8.38. The average Bonchev–Trinajstić information content (AvgIpc) is 3.00. The van der Waals surface area contributed by atoms with Crippen molar-refractivity contribution in [3.05, 3.63) is 64.9 Å². The Morgan fingerprint density at radius 2 is 1.81 bits per heavy atom. The van der Waals surface area contributed by atoms with E-state index in [1.165, 1.54) is 11.1 Å². The van der Waals surface area contributed by atoms with E-state index >= 15 is 0 Å². The van der Waals surface area contributed by atoms with E-state index in [1.807, 2.05) is 0 Å². The van der Waals surface area contributed by atoms with E-state index < -0.39 is 5.97 Å². The summed E-state index contributed by atoms with van der Waals surface area (Å²) >= 11 is 0. The average molecular weight is 351 g/mol. The Morgan fingerprint density at radius 1 is 1.04 bits per heavy atom. The number of benzene rings is 2. The number of hydrogen-bond acceptors (Lipinski definition) is 5. The molecule has 5 heteroatoms. The number of carbonyl (C=O) groups is 1. The van der Waals surface area contributed by atoms with Gasteiger partial charge >= 0.3 is 5.97 Å². The van der Waals surface area contributed by atoms with Crippen LogP contribution < -0.4 is 9.47 Å². The zero-order valence-corrected chi connectivity index (χ0v) is 15.1. The van der Waals surface area contributed by atoms with Crippen molar-refractivity contribution in [2.75, 3.05) is 14.2 Å². The fourth-order valence-corrected chi connectivity index (χ4v) is 2.67. The van der Waals surface area contributed by atoms with Crippen molar-refractivity contribution in [1.29, 1.82) is 0 Å². The molecule has 0 N–H and O–H groups in total. The minimum Gasteiger partial charge on any atom is -0.497 e. The highest BCUT2D eigenvalue weighted by atomic mass is 16.6. The van der Waals surface area contributed by atoms with Gasteiger partial charge < -0.3 is 14.2 Å². The van der Waals surface area contributed by atoms with Gasteiger partial charge in [0.1, 0.15) is 11.5 Å². The molecule has 1 heterocycles. The Hall–Kier alpha value is -3.08. The maximum Gasteiger partial charge on any atom is 0.363 e. The van der Waals surface area contributed by atoms with Crippen molar-refractivity contribution in [3.63, 3.8) is 0 Å². The zero-order chi connectivity index (χ0) is 18.5. The molecule has 0 fully saturated rings. The number of carbonyl (C=O) groups excluding carboxylic acids is 1. The molecule has 0 amide bonds. The second kappa shape index (κ2) is 7.87. The number of rotatable bonds is 6. The number of hydrogen-bond donors (Lipinski definition) is 0. The summed E-state index contributed by atoms with van der Waals surface area (Å²) in [6.45, 7) is 2.05. The molecular formula is C21H21NO4. The Kier molecular flexibility index (Phi) is 5.37. The third-order valence-corrected chi connectivity index (χ3v) is 4.14. The molecule has 0 saturated heterocycles. The monoisotopic (exact) mass is 351 g/mol. The normalized spacial score (nSPS) is 15.0. The molecule has 5 nitrogen and oxygen atoms in total. The van der Waals surface area contributed by atoms with Gasteiger partial charge in [-0.1, -0.05) is 29.8 Å². The molecule has 134 valence electrons. The fourth-order valence-electron chi connectivity index (χ4n) is 2.67. The summed E-state index contributed by atoms with van der Waals surface area (Å²) < 4.78 is 15.8. The van der Waals surface area contributed by atoms with Gasteiger partial charge in [0.05, 0.1) is 14.2 Å². The predicted molar refractivity (Wildman–Crippen MR) is 101 cm³/mol. The molecule has 0 aromatic heterocycles. The van der Waals surface area contributed by atoms with Crippen LogP contribution in [0.3, 0.4) is 0 Å². The van der Waals surface area contributed by atoms with Crippen LogP contribution in [0.4, 0.5) is 0 Å². The summed E-state index contributed by atoms with van der Waals surface area (Å²) in [5, 5.41) is 0. The molecule has 0 atom stereocenters. The molecular weight excluding hydrogens is 330 g/mol. The van der Waals surface area contributed by atoms with Gasteiger partial charge in [-0.3, -0.25) is 0 Å². The first-order valence-corrected chi connectivity index (χ1v) is 8.38. The van der Waals surface area contributed by atoms with E-state index in [2.05, 4.69) is 36.2 Å². The largest absolute Gasteiger partial charge is 0.497 e. The second-order valence-corrected chi connectivity index (χ2v) is 6.02. The highest BCUT2D eigenvalue weighted by molar-refractivity contribution is 6.07. The molecule has 1 aliphatic heterocycles. The standard InChI is InChI=1S/C21H21NO4/c1-14-4-6-15(7-5-14)8-11-20-22-18(21(23)26-20)13-16-12-17(24-2)9-10-19(16)25-3/h4-7,9-10,12-13H,8,11H2,1-3H3/b18-13-. The number of ether oxygens (including phenoxy) is 3. The van der Waals surface area contributed by atoms with Crippen molar-refractivity contribution in [1.82, 2.24) is 0 Å². The summed E-state index contributed by atoms with van der Waals surface area (Å²) in [5.41, 5.74) is 3.37. The van der Waals surface area contributed by atoms with Crippen LogP contribution in [0.25, 0.3) is 6.08 Å². The zero-order valence-electron chi connectivity index (χ0n) is 15.1. The number of cyclic esters (lactones) is 1. The number of aryl methyl sites for hydroxylation is 2. The lowest BCUT2D eigenvalue weighted by Gasteiger charge is -2.07. The minimum atomic E-state index is -0.450. The highest BCUT2D eigenvalue weighted by Crippen LogP contribution is 2.28. The van der Waals surface area contributed by atoms with Gasteiger partial charge in [0.15, 0.2) is 11.6 Å². The van der Waals surface area contributed by atoms with Crippen molar-refractivity contribution in [2.45, 2.75) is 19.8 Å². The van der Waals surface area contributed by atoms with Crippen LogP contribution in [0.5, 0.6) is 11.5 Å².